The lowest BCUT2D eigenvalue weighted by atomic mass is 10.1. The van der Waals surface area contributed by atoms with E-state index in [1.54, 1.807) is 6.33 Å². The van der Waals surface area contributed by atoms with Gasteiger partial charge in [-0.1, -0.05) is 12.1 Å². The number of carbonyl (C=O) groups excluding carboxylic acids is 1. The molecule has 2 aromatic heterocycles. The maximum absolute atomic E-state index is 12.0. The zero-order valence-electron chi connectivity index (χ0n) is 13.9. The van der Waals surface area contributed by atoms with Crippen LogP contribution < -0.4 is 10.6 Å². The number of urea groups is 1. The minimum Gasteiger partial charge on any atom is -0.342 e. The molecule has 0 radical (unpaired) electrons. The lowest BCUT2D eigenvalue weighted by molar-refractivity contribution is 0.231. The number of nitrogens with zero attached hydrogens (tertiary/aromatic N) is 4. The van der Waals surface area contributed by atoms with E-state index in [0.717, 1.165) is 48.4 Å². The van der Waals surface area contributed by atoms with E-state index in [2.05, 4.69) is 30.7 Å². The molecule has 4 rings (SSSR count). The first-order chi connectivity index (χ1) is 12.3. The first-order valence-electron chi connectivity index (χ1n) is 8.62. The number of H-pyrrole nitrogens is 1. The van der Waals surface area contributed by atoms with Gasteiger partial charge in [0.25, 0.3) is 0 Å². The van der Waals surface area contributed by atoms with Crippen LogP contribution in [0.25, 0.3) is 11.0 Å². The molecule has 0 aliphatic carbocycles. The molecule has 25 heavy (non-hydrogen) atoms. The molecule has 2 amide bonds. The number of fused-ring (bicyclic) bond motifs is 2. The summed E-state index contributed by atoms with van der Waals surface area (Å²) in [4.78, 5) is 24.1. The largest absolute Gasteiger partial charge is 0.342 e. The molecule has 1 aliphatic rings. The Balaban J connectivity index is 1.19. The number of aromatic amines is 1. The summed E-state index contributed by atoms with van der Waals surface area (Å²) in [5, 5.41) is 10.1. The van der Waals surface area contributed by atoms with Crippen molar-refractivity contribution in [3.05, 3.63) is 42.2 Å². The zero-order valence-corrected chi connectivity index (χ0v) is 13.9. The standard InChI is InChI=1S/C17H21N7O/c25-17(21-12-7-8-16-19-11-20-24(16)10-12)18-9-3-6-15-22-13-4-1-2-5-14(13)23-15/h1-2,4-5,11-12H,3,6-10H2,(H,22,23)(H2,18,21,25)/t12-/m1/s1. The minimum absolute atomic E-state index is 0.101. The van der Waals surface area contributed by atoms with Crippen LogP contribution in [0.3, 0.4) is 0 Å². The fraction of sp³-hybridized carbons (Fsp3) is 0.412. The first-order valence-corrected chi connectivity index (χ1v) is 8.62. The molecule has 0 saturated carbocycles. The zero-order chi connectivity index (χ0) is 17.1. The van der Waals surface area contributed by atoms with Crippen LogP contribution in [0, 0.1) is 0 Å². The summed E-state index contributed by atoms with van der Waals surface area (Å²) in [6, 6.07) is 7.95. The molecule has 0 saturated heterocycles. The van der Waals surface area contributed by atoms with Crippen molar-refractivity contribution in [1.29, 1.82) is 0 Å². The van der Waals surface area contributed by atoms with Crippen LogP contribution in [0.1, 0.15) is 24.5 Å². The van der Waals surface area contributed by atoms with Gasteiger partial charge in [0.2, 0.25) is 0 Å². The van der Waals surface area contributed by atoms with Crippen molar-refractivity contribution >= 4 is 17.1 Å². The van der Waals surface area contributed by atoms with Gasteiger partial charge in [-0.05, 0) is 25.0 Å². The van der Waals surface area contributed by atoms with E-state index >= 15 is 0 Å². The second-order valence-corrected chi connectivity index (χ2v) is 6.30. The third kappa shape index (κ3) is 3.62. The van der Waals surface area contributed by atoms with Crippen molar-refractivity contribution < 1.29 is 4.79 Å². The molecule has 130 valence electrons. The highest BCUT2D eigenvalue weighted by atomic mass is 16.2. The van der Waals surface area contributed by atoms with Gasteiger partial charge in [0.15, 0.2) is 0 Å². The lowest BCUT2D eigenvalue weighted by Crippen LogP contribution is -2.46. The highest BCUT2D eigenvalue weighted by molar-refractivity contribution is 5.75. The topological polar surface area (TPSA) is 101 Å². The number of nitrogens with one attached hydrogen (secondary N) is 3. The summed E-state index contributed by atoms with van der Waals surface area (Å²) in [6.07, 6.45) is 4.95. The van der Waals surface area contributed by atoms with Gasteiger partial charge in [-0.15, -0.1) is 0 Å². The number of aryl methyl sites for hydroxylation is 2. The van der Waals surface area contributed by atoms with Crippen LogP contribution in [0.5, 0.6) is 0 Å². The van der Waals surface area contributed by atoms with E-state index in [1.165, 1.54) is 0 Å². The maximum Gasteiger partial charge on any atom is 0.315 e. The van der Waals surface area contributed by atoms with Crippen LogP contribution in [-0.4, -0.2) is 43.4 Å². The SMILES string of the molecule is O=C(NCCCc1nc2ccccc2[nH]1)N[C@@H]1CCc2ncnn2C1. The fourth-order valence-electron chi connectivity index (χ4n) is 3.17. The Labute approximate surface area is 145 Å². The Morgan fingerprint density at radius 1 is 1.36 bits per heavy atom. The number of hydrogen-bond acceptors (Lipinski definition) is 4. The van der Waals surface area contributed by atoms with Gasteiger partial charge < -0.3 is 15.6 Å². The number of imidazole rings is 1. The number of carbonyl (C=O) groups is 1. The monoisotopic (exact) mass is 339 g/mol. The Morgan fingerprint density at radius 3 is 3.20 bits per heavy atom. The normalized spacial score (nSPS) is 16.6. The summed E-state index contributed by atoms with van der Waals surface area (Å²) in [5.74, 6) is 1.94. The van der Waals surface area contributed by atoms with Crippen LogP contribution >= 0.6 is 0 Å². The molecular weight excluding hydrogens is 318 g/mol. The van der Waals surface area contributed by atoms with Gasteiger partial charge in [-0.3, -0.25) is 0 Å². The lowest BCUT2D eigenvalue weighted by Gasteiger charge is -2.23. The van der Waals surface area contributed by atoms with E-state index in [9.17, 15) is 4.79 Å². The molecule has 1 aromatic carbocycles. The summed E-state index contributed by atoms with van der Waals surface area (Å²) in [5.41, 5.74) is 2.03. The van der Waals surface area contributed by atoms with E-state index in [-0.39, 0.29) is 12.1 Å². The summed E-state index contributed by atoms with van der Waals surface area (Å²) in [7, 11) is 0. The van der Waals surface area contributed by atoms with E-state index in [1.807, 2.05) is 28.9 Å². The molecule has 1 atom stereocenters. The van der Waals surface area contributed by atoms with Crippen molar-refractivity contribution in [3.63, 3.8) is 0 Å². The molecule has 3 heterocycles. The number of benzene rings is 1. The second-order valence-electron chi connectivity index (χ2n) is 6.30. The second kappa shape index (κ2) is 6.92. The molecule has 0 bridgehead atoms. The van der Waals surface area contributed by atoms with E-state index < -0.39 is 0 Å². The number of amides is 2. The smallest absolute Gasteiger partial charge is 0.315 e. The van der Waals surface area contributed by atoms with Gasteiger partial charge in [-0.2, -0.15) is 5.10 Å². The highest BCUT2D eigenvalue weighted by Gasteiger charge is 2.20. The predicted octanol–water partition coefficient (Wildman–Crippen LogP) is 1.40. The molecule has 8 heteroatoms. The van der Waals surface area contributed by atoms with E-state index in [4.69, 9.17) is 0 Å². The van der Waals surface area contributed by atoms with Crippen molar-refractivity contribution in [1.82, 2.24) is 35.4 Å². The number of hydrogen-bond donors (Lipinski definition) is 3. The summed E-state index contributed by atoms with van der Waals surface area (Å²) >= 11 is 0. The minimum atomic E-state index is -0.127. The van der Waals surface area contributed by atoms with Crippen molar-refractivity contribution in [2.45, 2.75) is 38.3 Å². The first kappa shape index (κ1) is 15.6. The van der Waals surface area contributed by atoms with Gasteiger partial charge in [0.05, 0.1) is 23.6 Å². The molecule has 0 unspecified atom stereocenters. The third-order valence-corrected chi connectivity index (χ3v) is 4.46. The molecule has 0 fully saturated rings. The number of rotatable bonds is 5. The van der Waals surface area contributed by atoms with Crippen LogP contribution in [0.4, 0.5) is 4.79 Å². The maximum atomic E-state index is 12.0. The predicted molar refractivity (Wildman–Crippen MR) is 93.1 cm³/mol. The molecule has 8 nitrogen and oxygen atoms in total. The molecule has 3 aromatic rings. The quantitative estimate of drug-likeness (QED) is 0.612. The van der Waals surface area contributed by atoms with Crippen LogP contribution in [0.2, 0.25) is 0 Å². The fourth-order valence-corrected chi connectivity index (χ4v) is 3.17. The highest BCUT2D eigenvalue weighted by Crippen LogP contribution is 2.12. The average Bonchev–Trinajstić information content (AvgIpc) is 3.24. The van der Waals surface area contributed by atoms with E-state index in [0.29, 0.717) is 13.1 Å². The average molecular weight is 339 g/mol. The Hall–Kier alpha value is -2.90. The van der Waals surface area contributed by atoms with Crippen molar-refractivity contribution in [2.24, 2.45) is 0 Å². The third-order valence-electron chi connectivity index (χ3n) is 4.46. The number of aromatic nitrogens is 5. The van der Waals surface area contributed by atoms with Crippen molar-refractivity contribution in [3.8, 4) is 0 Å². The van der Waals surface area contributed by atoms with Crippen molar-refractivity contribution in [2.75, 3.05) is 6.54 Å². The summed E-state index contributed by atoms with van der Waals surface area (Å²) < 4.78 is 1.86. The molecule has 0 spiro atoms. The van der Waals surface area contributed by atoms with Gasteiger partial charge in [0, 0.05) is 19.4 Å². The number of para-hydroxylation sites is 2. The molecular formula is C17H21N7O. The molecule has 1 aliphatic heterocycles. The van der Waals surface area contributed by atoms with Crippen LogP contribution in [0.15, 0.2) is 30.6 Å². The Bertz CT molecular complexity index is 836. The van der Waals surface area contributed by atoms with Gasteiger partial charge >= 0.3 is 6.03 Å². The van der Waals surface area contributed by atoms with Crippen LogP contribution in [-0.2, 0) is 19.4 Å². The summed E-state index contributed by atoms with van der Waals surface area (Å²) in [6.45, 7) is 1.30. The molecule has 3 N–H and O–H groups in total. The Kier molecular flexibility index (Phi) is 4.32. The van der Waals surface area contributed by atoms with Gasteiger partial charge in [-0.25, -0.2) is 19.4 Å². The Morgan fingerprint density at radius 2 is 2.28 bits per heavy atom. The van der Waals surface area contributed by atoms with Gasteiger partial charge in [0.1, 0.15) is 18.0 Å².